The predicted octanol–water partition coefficient (Wildman–Crippen LogP) is 4.48. The van der Waals surface area contributed by atoms with Crippen molar-refractivity contribution in [1.82, 2.24) is 4.90 Å². The van der Waals surface area contributed by atoms with E-state index >= 15 is 0 Å². The van der Waals surface area contributed by atoms with E-state index in [1.54, 1.807) is 26.0 Å². The van der Waals surface area contributed by atoms with Crippen LogP contribution in [-0.4, -0.2) is 31.0 Å². The van der Waals surface area contributed by atoms with E-state index in [1.807, 2.05) is 0 Å². The first-order valence-corrected chi connectivity index (χ1v) is 10.5. The van der Waals surface area contributed by atoms with Crippen LogP contribution in [-0.2, 0) is 22.8 Å². The molecule has 0 heterocycles. The highest BCUT2D eigenvalue weighted by molar-refractivity contribution is 7.87. The van der Waals surface area contributed by atoms with Crippen molar-refractivity contribution in [2.75, 3.05) is 5.75 Å². The van der Waals surface area contributed by atoms with Crippen molar-refractivity contribution >= 4 is 16.0 Å². The van der Waals surface area contributed by atoms with Crippen LogP contribution in [0, 0.1) is 0 Å². The zero-order valence-electron chi connectivity index (χ0n) is 16.2. The fraction of sp³-hybridized carbons (Fsp3) is 0.350. The fourth-order valence-electron chi connectivity index (χ4n) is 2.58. The van der Waals surface area contributed by atoms with E-state index < -0.39 is 27.8 Å². The van der Waals surface area contributed by atoms with E-state index in [4.69, 9.17) is 4.18 Å². The lowest BCUT2D eigenvalue weighted by molar-refractivity contribution is -0.137. The Morgan fingerprint density at radius 1 is 1.10 bits per heavy atom. The first-order valence-electron chi connectivity index (χ1n) is 8.92. The molecular formula is C20H22F3NO4S. The molecule has 0 aliphatic heterocycles. The van der Waals surface area contributed by atoms with Gasteiger partial charge in [0.1, 0.15) is 5.75 Å². The second kappa shape index (κ2) is 8.86. The molecule has 0 spiro atoms. The van der Waals surface area contributed by atoms with E-state index in [-0.39, 0.29) is 29.7 Å². The monoisotopic (exact) mass is 429 g/mol. The molecule has 29 heavy (non-hydrogen) atoms. The lowest BCUT2D eigenvalue weighted by atomic mass is 10.1. The molecule has 0 radical (unpaired) electrons. The lowest BCUT2D eigenvalue weighted by Gasteiger charge is -2.27. The molecular weight excluding hydrogens is 407 g/mol. The summed E-state index contributed by atoms with van der Waals surface area (Å²) in [5, 5.41) is 0. The van der Waals surface area contributed by atoms with Gasteiger partial charge < -0.3 is 9.08 Å². The summed E-state index contributed by atoms with van der Waals surface area (Å²) >= 11 is 0. The van der Waals surface area contributed by atoms with Gasteiger partial charge in [-0.25, -0.2) is 0 Å². The summed E-state index contributed by atoms with van der Waals surface area (Å²) < 4.78 is 67.1. The van der Waals surface area contributed by atoms with Crippen molar-refractivity contribution < 1.29 is 30.6 Å². The standard InChI is InChI=1S/C20H22F3NO4S/c1-4-29(26,27)28-18-10-5-7-15(11-18)13-24(14(2)3)19(25)16-8-6-9-17(12-16)20(21,22)23/h5-12,14H,4,13H2,1-3H3. The fourth-order valence-corrected chi connectivity index (χ4v) is 3.10. The van der Waals surface area contributed by atoms with Crippen LogP contribution in [0.5, 0.6) is 5.75 Å². The van der Waals surface area contributed by atoms with Crippen LogP contribution in [0.1, 0.15) is 42.3 Å². The van der Waals surface area contributed by atoms with Crippen molar-refractivity contribution in [3.05, 3.63) is 65.2 Å². The summed E-state index contributed by atoms with van der Waals surface area (Å²) in [5.41, 5.74) is -0.385. The number of benzene rings is 2. The topological polar surface area (TPSA) is 63.7 Å². The zero-order valence-corrected chi connectivity index (χ0v) is 17.0. The van der Waals surface area contributed by atoms with Crippen molar-refractivity contribution in [3.63, 3.8) is 0 Å². The third kappa shape index (κ3) is 6.22. The van der Waals surface area contributed by atoms with Crippen LogP contribution in [0.2, 0.25) is 0 Å². The van der Waals surface area contributed by atoms with Gasteiger partial charge in [-0.2, -0.15) is 21.6 Å². The lowest BCUT2D eigenvalue weighted by Crippen LogP contribution is -2.36. The Morgan fingerprint density at radius 2 is 1.76 bits per heavy atom. The highest BCUT2D eigenvalue weighted by Gasteiger charge is 2.31. The van der Waals surface area contributed by atoms with Crippen molar-refractivity contribution in [1.29, 1.82) is 0 Å². The molecule has 0 bridgehead atoms. The molecule has 0 atom stereocenters. The summed E-state index contributed by atoms with van der Waals surface area (Å²) in [6.07, 6.45) is -4.55. The molecule has 2 rings (SSSR count). The number of nitrogens with zero attached hydrogens (tertiary/aromatic N) is 1. The van der Waals surface area contributed by atoms with Gasteiger partial charge >= 0.3 is 16.3 Å². The second-order valence-electron chi connectivity index (χ2n) is 6.68. The Bertz CT molecular complexity index is 972. The van der Waals surface area contributed by atoms with E-state index in [0.29, 0.717) is 5.56 Å². The van der Waals surface area contributed by atoms with Gasteiger partial charge in [0, 0.05) is 18.2 Å². The molecule has 0 aliphatic carbocycles. The number of rotatable bonds is 7. The first kappa shape index (κ1) is 22.7. The Morgan fingerprint density at radius 3 is 2.34 bits per heavy atom. The largest absolute Gasteiger partial charge is 0.416 e. The van der Waals surface area contributed by atoms with Crippen molar-refractivity contribution in [2.45, 2.75) is 39.5 Å². The summed E-state index contributed by atoms with van der Waals surface area (Å²) in [5.74, 6) is -0.637. The van der Waals surface area contributed by atoms with Crippen LogP contribution < -0.4 is 4.18 Å². The predicted molar refractivity (Wildman–Crippen MR) is 103 cm³/mol. The summed E-state index contributed by atoms with van der Waals surface area (Å²) in [6.45, 7) is 5.02. The van der Waals surface area contributed by atoms with Crippen LogP contribution >= 0.6 is 0 Å². The van der Waals surface area contributed by atoms with Crippen LogP contribution in [0.15, 0.2) is 48.5 Å². The summed E-state index contributed by atoms with van der Waals surface area (Å²) in [7, 11) is -3.70. The molecule has 158 valence electrons. The number of carbonyl (C=O) groups is 1. The Kier molecular flexibility index (Phi) is 6.94. The Labute approximate surface area is 168 Å². The molecule has 0 saturated heterocycles. The number of amides is 1. The van der Waals surface area contributed by atoms with E-state index in [0.717, 1.165) is 12.1 Å². The molecule has 2 aromatic carbocycles. The van der Waals surface area contributed by atoms with Gasteiger partial charge in [0.25, 0.3) is 5.91 Å². The number of alkyl halides is 3. The second-order valence-corrected chi connectivity index (χ2v) is 8.54. The molecule has 1 amide bonds. The van der Waals surface area contributed by atoms with Gasteiger partial charge in [0.2, 0.25) is 0 Å². The third-order valence-electron chi connectivity index (χ3n) is 4.15. The molecule has 0 saturated carbocycles. The minimum atomic E-state index is -4.55. The van der Waals surface area contributed by atoms with Gasteiger partial charge in [-0.15, -0.1) is 0 Å². The average molecular weight is 429 g/mol. The SMILES string of the molecule is CCS(=O)(=O)Oc1cccc(CN(C(=O)c2cccc(C(F)(F)F)c2)C(C)C)c1. The van der Waals surface area contributed by atoms with Gasteiger partial charge in [0.15, 0.2) is 0 Å². The van der Waals surface area contributed by atoms with Crippen LogP contribution in [0.3, 0.4) is 0 Å². The maximum Gasteiger partial charge on any atom is 0.416 e. The molecule has 0 aliphatic rings. The molecule has 0 fully saturated rings. The minimum Gasteiger partial charge on any atom is -0.382 e. The zero-order chi connectivity index (χ0) is 21.8. The highest BCUT2D eigenvalue weighted by Crippen LogP contribution is 2.30. The van der Waals surface area contributed by atoms with Crippen molar-refractivity contribution in [2.24, 2.45) is 0 Å². The van der Waals surface area contributed by atoms with E-state index in [2.05, 4.69) is 0 Å². The van der Waals surface area contributed by atoms with Crippen LogP contribution in [0.4, 0.5) is 13.2 Å². The molecule has 9 heteroatoms. The number of halogens is 3. The van der Waals surface area contributed by atoms with Gasteiger partial charge in [-0.1, -0.05) is 18.2 Å². The van der Waals surface area contributed by atoms with Gasteiger partial charge in [-0.3, -0.25) is 4.79 Å². The minimum absolute atomic E-state index is 0.0745. The number of carbonyl (C=O) groups excluding carboxylic acids is 1. The first-order chi connectivity index (χ1) is 13.4. The summed E-state index contributed by atoms with van der Waals surface area (Å²) in [6, 6.07) is 10.2. The normalized spacial score (nSPS) is 12.1. The maximum atomic E-state index is 13.0. The molecule has 0 N–H and O–H groups in total. The highest BCUT2D eigenvalue weighted by atomic mass is 32.2. The smallest absolute Gasteiger partial charge is 0.382 e. The number of hydrogen-bond acceptors (Lipinski definition) is 4. The maximum absolute atomic E-state index is 13.0. The molecule has 2 aromatic rings. The van der Waals surface area contributed by atoms with E-state index in [9.17, 15) is 26.4 Å². The molecule has 0 aromatic heterocycles. The third-order valence-corrected chi connectivity index (χ3v) is 5.30. The molecule has 0 unspecified atom stereocenters. The van der Waals surface area contributed by atoms with Gasteiger partial charge in [0.05, 0.1) is 11.3 Å². The molecule has 5 nitrogen and oxygen atoms in total. The Hall–Kier alpha value is -2.55. The quantitative estimate of drug-likeness (QED) is 0.609. The number of hydrogen-bond donors (Lipinski definition) is 0. The van der Waals surface area contributed by atoms with Crippen LogP contribution in [0.25, 0.3) is 0 Å². The Balaban J connectivity index is 2.28. The average Bonchev–Trinajstić information content (AvgIpc) is 2.65. The van der Waals surface area contributed by atoms with Gasteiger partial charge in [-0.05, 0) is 56.7 Å². The van der Waals surface area contributed by atoms with E-state index in [1.165, 1.54) is 36.1 Å². The summed E-state index contributed by atoms with van der Waals surface area (Å²) in [4.78, 5) is 14.3. The van der Waals surface area contributed by atoms with Crippen molar-refractivity contribution in [3.8, 4) is 5.75 Å².